The van der Waals surface area contributed by atoms with Gasteiger partial charge in [0, 0.05) is 55.8 Å². The molecule has 0 unspecified atom stereocenters. The van der Waals surface area contributed by atoms with Crippen molar-refractivity contribution in [1.82, 2.24) is 24.8 Å². The van der Waals surface area contributed by atoms with Crippen molar-refractivity contribution in [3.63, 3.8) is 0 Å². The standard InChI is InChI=1S/C26H25N5O2/c1-2-33-21-7-3-5-19(13-21)23-9-8-18(14-28-23)16-31-12-10-24-22(17-31)26(32)30-25(29-24)20-6-4-11-27-15-20/h3-9,11,13-15H,2,10,12,16-17H2,1H3,(H,29,30,32). The average molecular weight is 440 g/mol. The molecule has 0 saturated carbocycles. The van der Waals surface area contributed by atoms with Crippen LogP contribution in [0.15, 0.2) is 71.9 Å². The topological polar surface area (TPSA) is 84.0 Å². The van der Waals surface area contributed by atoms with E-state index in [1.807, 2.05) is 55.6 Å². The Kier molecular flexibility index (Phi) is 5.95. The maximum absolute atomic E-state index is 12.8. The number of benzene rings is 1. The van der Waals surface area contributed by atoms with Crippen LogP contribution in [-0.2, 0) is 19.5 Å². The summed E-state index contributed by atoms with van der Waals surface area (Å²) in [6, 6.07) is 15.8. The van der Waals surface area contributed by atoms with Gasteiger partial charge >= 0.3 is 0 Å². The van der Waals surface area contributed by atoms with Gasteiger partial charge in [0.2, 0.25) is 0 Å². The molecular weight excluding hydrogens is 414 g/mol. The quantitative estimate of drug-likeness (QED) is 0.491. The lowest BCUT2D eigenvalue weighted by Gasteiger charge is -2.27. The first kappa shape index (κ1) is 21.0. The molecule has 166 valence electrons. The summed E-state index contributed by atoms with van der Waals surface area (Å²) in [5.41, 5.74) is 5.40. The number of H-pyrrole nitrogens is 1. The summed E-state index contributed by atoms with van der Waals surface area (Å²) in [4.78, 5) is 31.4. The largest absolute Gasteiger partial charge is 0.494 e. The zero-order valence-electron chi connectivity index (χ0n) is 18.5. The number of hydrogen-bond acceptors (Lipinski definition) is 6. The second-order valence-corrected chi connectivity index (χ2v) is 8.05. The van der Waals surface area contributed by atoms with Crippen LogP contribution in [0.4, 0.5) is 0 Å². The van der Waals surface area contributed by atoms with Crippen LogP contribution in [0.25, 0.3) is 22.6 Å². The molecular formula is C26H25N5O2. The van der Waals surface area contributed by atoms with E-state index >= 15 is 0 Å². The number of hydrogen-bond donors (Lipinski definition) is 1. The van der Waals surface area contributed by atoms with E-state index in [9.17, 15) is 4.79 Å². The fraction of sp³-hybridized carbons (Fsp3) is 0.231. The zero-order valence-corrected chi connectivity index (χ0v) is 18.5. The fourth-order valence-electron chi connectivity index (χ4n) is 4.11. The fourth-order valence-corrected chi connectivity index (χ4v) is 4.11. The molecule has 1 N–H and O–H groups in total. The van der Waals surface area contributed by atoms with Gasteiger partial charge in [-0.2, -0.15) is 0 Å². The highest BCUT2D eigenvalue weighted by molar-refractivity contribution is 5.61. The highest BCUT2D eigenvalue weighted by Gasteiger charge is 2.21. The molecule has 0 radical (unpaired) electrons. The van der Waals surface area contributed by atoms with Crippen LogP contribution >= 0.6 is 0 Å². The lowest BCUT2D eigenvalue weighted by Crippen LogP contribution is -2.35. The number of nitrogens with one attached hydrogen (secondary N) is 1. The van der Waals surface area contributed by atoms with Crippen molar-refractivity contribution < 1.29 is 4.74 Å². The Bertz CT molecular complexity index is 1300. The van der Waals surface area contributed by atoms with Crippen LogP contribution in [0.5, 0.6) is 5.75 Å². The number of fused-ring (bicyclic) bond motifs is 1. The van der Waals surface area contributed by atoms with E-state index in [2.05, 4.69) is 25.9 Å². The van der Waals surface area contributed by atoms with Gasteiger partial charge in [-0.3, -0.25) is 19.7 Å². The van der Waals surface area contributed by atoms with Crippen molar-refractivity contribution in [3.05, 3.63) is 94.3 Å². The molecule has 0 saturated heterocycles. The third-order valence-corrected chi connectivity index (χ3v) is 5.75. The van der Waals surface area contributed by atoms with Crippen molar-refractivity contribution in [1.29, 1.82) is 0 Å². The first-order valence-electron chi connectivity index (χ1n) is 11.1. The number of aromatic nitrogens is 4. The predicted molar refractivity (Wildman–Crippen MR) is 127 cm³/mol. The Balaban J connectivity index is 1.29. The van der Waals surface area contributed by atoms with Crippen molar-refractivity contribution in [2.75, 3.05) is 13.2 Å². The molecule has 4 heterocycles. The highest BCUT2D eigenvalue weighted by atomic mass is 16.5. The Morgan fingerprint density at radius 3 is 2.79 bits per heavy atom. The number of ether oxygens (including phenoxy) is 1. The zero-order chi connectivity index (χ0) is 22.6. The molecule has 3 aromatic heterocycles. The summed E-state index contributed by atoms with van der Waals surface area (Å²) >= 11 is 0. The van der Waals surface area contributed by atoms with E-state index in [-0.39, 0.29) is 5.56 Å². The van der Waals surface area contributed by atoms with Gasteiger partial charge in [0.15, 0.2) is 0 Å². The maximum atomic E-state index is 12.8. The van der Waals surface area contributed by atoms with Crippen LogP contribution in [0, 0.1) is 0 Å². The van der Waals surface area contributed by atoms with Gasteiger partial charge in [-0.15, -0.1) is 0 Å². The van der Waals surface area contributed by atoms with Gasteiger partial charge in [0.25, 0.3) is 5.56 Å². The molecule has 7 heteroatoms. The molecule has 0 atom stereocenters. The summed E-state index contributed by atoms with van der Waals surface area (Å²) in [7, 11) is 0. The highest BCUT2D eigenvalue weighted by Crippen LogP contribution is 2.24. The van der Waals surface area contributed by atoms with Crippen LogP contribution in [0.1, 0.15) is 23.7 Å². The first-order chi connectivity index (χ1) is 16.2. The molecule has 5 rings (SSSR count). The number of aromatic amines is 1. The third kappa shape index (κ3) is 4.68. The van der Waals surface area contributed by atoms with Crippen LogP contribution in [-0.4, -0.2) is 38.0 Å². The number of rotatable bonds is 6. The Labute approximate surface area is 192 Å². The van der Waals surface area contributed by atoms with Gasteiger partial charge in [-0.1, -0.05) is 18.2 Å². The summed E-state index contributed by atoms with van der Waals surface area (Å²) in [6.07, 6.45) is 6.06. The number of pyridine rings is 2. The van der Waals surface area contributed by atoms with E-state index in [4.69, 9.17) is 9.72 Å². The van der Waals surface area contributed by atoms with E-state index in [1.165, 1.54) is 0 Å². The second-order valence-electron chi connectivity index (χ2n) is 8.05. The third-order valence-electron chi connectivity index (χ3n) is 5.75. The van der Waals surface area contributed by atoms with Crippen molar-refractivity contribution >= 4 is 0 Å². The van der Waals surface area contributed by atoms with E-state index in [1.54, 1.807) is 12.4 Å². The minimum absolute atomic E-state index is 0.0776. The summed E-state index contributed by atoms with van der Waals surface area (Å²) < 4.78 is 5.59. The van der Waals surface area contributed by atoms with Crippen molar-refractivity contribution in [2.24, 2.45) is 0 Å². The molecule has 1 aliphatic rings. The molecule has 0 fully saturated rings. The second kappa shape index (κ2) is 9.34. The SMILES string of the molecule is CCOc1cccc(-c2ccc(CN3CCc4nc(-c5cccnc5)[nH]c(=O)c4C3)cn2)c1. The molecule has 0 spiro atoms. The molecule has 0 aliphatic carbocycles. The first-order valence-corrected chi connectivity index (χ1v) is 11.1. The van der Waals surface area contributed by atoms with Crippen LogP contribution in [0.2, 0.25) is 0 Å². The van der Waals surface area contributed by atoms with Crippen LogP contribution in [0.3, 0.4) is 0 Å². The molecule has 1 aliphatic heterocycles. The maximum Gasteiger partial charge on any atom is 0.255 e. The van der Waals surface area contributed by atoms with Gasteiger partial charge in [-0.25, -0.2) is 4.98 Å². The molecule has 4 aromatic rings. The lowest BCUT2D eigenvalue weighted by atomic mass is 10.1. The van der Waals surface area contributed by atoms with Crippen molar-refractivity contribution in [3.8, 4) is 28.4 Å². The lowest BCUT2D eigenvalue weighted by molar-refractivity contribution is 0.241. The molecule has 1 aromatic carbocycles. The predicted octanol–water partition coefficient (Wildman–Crippen LogP) is 3.85. The van der Waals surface area contributed by atoms with E-state index < -0.39 is 0 Å². The van der Waals surface area contributed by atoms with Crippen LogP contribution < -0.4 is 10.3 Å². The molecule has 33 heavy (non-hydrogen) atoms. The van der Waals surface area contributed by atoms with Gasteiger partial charge in [-0.05, 0) is 42.8 Å². The molecule has 0 amide bonds. The minimum atomic E-state index is -0.0776. The minimum Gasteiger partial charge on any atom is -0.494 e. The van der Waals surface area contributed by atoms with Gasteiger partial charge < -0.3 is 9.72 Å². The summed E-state index contributed by atoms with van der Waals surface area (Å²) in [5.74, 6) is 1.42. The normalized spacial score (nSPS) is 13.5. The summed E-state index contributed by atoms with van der Waals surface area (Å²) in [6.45, 7) is 4.76. The Morgan fingerprint density at radius 2 is 2.00 bits per heavy atom. The smallest absolute Gasteiger partial charge is 0.255 e. The Morgan fingerprint density at radius 1 is 1.09 bits per heavy atom. The molecule has 0 bridgehead atoms. The number of nitrogens with zero attached hydrogens (tertiary/aromatic N) is 4. The molecule has 7 nitrogen and oxygen atoms in total. The van der Waals surface area contributed by atoms with Gasteiger partial charge in [0.1, 0.15) is 11.6 Å². The van der Waals surface area contributed by atoms with E-state index in [0.29, 0.717) is 19.0 Å². The van der Waals surface area contributed by atoms with Gasteiger partial charge in [0.05, 0.1) is 23.6 Å². The monoisotopic (exact) mass is 439 g/mol. The Hall–Kier alpha value is -3.84. The summed E-state index contributed by atoms with van der Waals surface area (Å²) in [5, 5.41) is 0. The van der Waals surface area contributed by atoms with Crippen molar-refractivity contribution in [2.45, 2.75) is 26.4 Å². The van der Waals surface area contributed by atoms with E-state index in [0.717, 1.165) is 58.9 Å². The average Bonchev–Trinajstić information content (AvgIpc) is 2.86.